The van der Waals surface area contributed by atoms with Crippen LogP contribution in [0.5, 0.6) is 0 Å². The van der Waals surface area contributed by atoms with E-state index in [2.05, 4.69) is 40.7 Å². The summed E-state index contributed by atoms with van der Waals surface area (Å²) in [7, 11) is 0. The Kier molecular flexibility index (Phi) is 5.08. The predicted octanol–water partition coefficient (Wildman–Crippen LogP) is 1.35. The number of hydrogen-bond donors (Lipinski definition) is 3. The first-order valence-electron chi connectivity index (χ1n) is 10.2. The fraction of sp³-hybridized carbons (Fsp3) is 0.619. The average molecular weight is 370 g/mol. The lowest BCUT2D eigenvalue weighted by Gasteiger charge is -2.39. The minimum Gasteiger partial charge on any atom is -0.373 e. The van der Waals surface area contributed by atoms with Crippen molar-refractivity contribution in [1.82, 2.24) is 15.5 Å². The second-order valence-corrected chi connectivity index (χ2v) is 8.30. The van der Waals surface area contributed by atoms with E-state index in [0.29, 0.717) is 18.7 Å². The van der Waals surface area contributed by atoms with Crippen LogP contribution >= 0.6 is 0 Å². The van der Waals surface area contributed by atoms with Gasteiger partial charge in [-0.3, -0.25) is 9.59 Å². The van der Waals surface area contributed by atoms with Gasteiger partial charge in [-0.15, -0.1) is 0 Å². The Morgan fingerprint density at radius 3 is 2.70 bits per heavy atom. The quantitative estimate of drug-likeness (QED) is 0.682. The molecule has 2 amide bonds. The van der Waals surface area contributed by atoms with E-state index < -0.39 is 0 Å². The first-order chi connectivity index (χ1) is 13.1. The van der Waals surface area contributed by atoms with Crippen LogP contribution in [0.1, 0.15) is 45.4 Å². The van der Waals surface area contributed by atoms with Gasteiger partial charge in [0.15, 0.2) is 0 Å². The summed E-state index contributed by atoms with van der Waals surface area (Å²) in [5.74, 6) is 0.475. The summed E-state index contributed by atoms with van der Waals surface area (Å²) in [4.78, 5) is 27.3. The summed E-state index contributed by atoms with van der Waals surface area (Å²) in [6.45, 7) is 2.65. The van der Waals surface area contributed by atoms with Crippen molar-refractivity contribution in [2.75, 3.05) is 6.54 Å². The first kappa shape index (κ1) is 18.3. The third-order valence-corrected chi connectivity index (χ3v) is 6.43. The maximum absolute atomic E-state index is 12.8. The number of amides is 2. The Balaban J connectivity index is 1.34. The van der Waals surface area contributed by atoms with Crippen LogP contribution in [0.4, 0.5) is 0 Å². The van der Waals surface area contributed by atoms with E-state index in [1.165, 1.54) is 5.57 Å². The molecule has 2 saturated heterocycles. The summed E-state index contributed by atoms with van der Waals surface area (Å²) in [6, 6.07) is 0.876. The van der Waals surface area contributed by atoms with Crippen LogP contribution in [-0.2, 0) is 9.59 Å². The highest BCUT2D eigenvalue weighted by atomic mass is 16.2. The Hall–Kier alpha value is -2.08. The van der Waals surface area contributed by atoms with E-state index >= 15 is 0 Å². The normalized spacial score (nSPS) is 33.9. The number of carbonyl (C=O) groups excluding carboxylic acids is 2. The number of hydrogen-bond acceptors (Lipinski definition) is 4. The van der Waals surface area contributed by atoms with Crippen LogP contribution in [0.25, 0.3) is 0 Å². The van der Waals surface area contributed by atoms with Gasteiger partial charge in [-0.1, -0.05) is 23.8 Å². The first-order valence-corrected chi connectivity index (χ1v) is 10.2. The highest BCUT2D eigenvalue weighted by Gasteiger charge is 2.43. The van der Waals surface area contributed by atoms with Crippen LogP contribution in [-0.4, -0.2) is 47.4 Å². The van der Waals surface area contributed by atoms with Gasteiger partial charge in [0.25, 0.3) is 5.91 Å². The molecule has 2 fully saturated rings. The minimum atomic E-state index is -0.0158. The van der Waals surface area contributed by atoms with Crippen LogP contribution in [0.3, 0.4) is 0 Å². The third kappa shape index (κ3) is 3.55. The molecule has 6 nitrogen and oxygen atoms in total. The Morgan fingerprint density at radius 1 is 1.30 bits per heavy atom. The Morgan fingerprint density at radius 2 is 2.04 bits per heavy atom. The molecule has 3 aliphatic heterocycles. The van der Waals surface area contributed by atoms with Crippen molar-refractivity contribution in [3.63, 3.8) is 0 Å². The zero-order chi connectivity index (χ0) is 19.0. The number of fused-ring (bicyclic) bond motifs is 3. The van der Waals surface area contributed by atoms with Gasteiger partial charge < -0.3 is 21.3 Å². The van der Waals surface area contributed by atoms with Gasteiger partial charge in [0.05, 0.1) is 11.7 Å². The summed E-state index contributed by atoms with van der Waals surface area (Å²) in [5, 5.41) is 6.59. The average Bonchev–Trinajstić information content (AvgIpc) is 3.20. The van der Waals surface area contributed by atoms with Crippen LogP contribution in [0.15, 0.2) is 35.6 Å². The molecule has 2 unspecified atom stereocenters. The number of nitrogens with two attached hydrogens (primary N) is 1. The topological polar surface area (TPSA) is 87.5 Å². The van der Waals surface area contributed by atoms with Crippen molar-refractivity contribution in [2.45, 2.75) is 69.6 Å². The SMILES string of the molecule is CC1=CC=CC2C=C(C(=O)N[C@H]3C[C@H]4CC[C@@H](C3)N4C(=O)CCCN)NC12. The maximum atomic E-state index is 12.8. The molecule has 3 heterocycles. The van der Waals surface area contributed by atoms with E-state index in [9.17, 15) is 9.59 Å². The Labute approximate surface area is 160 Å². The molecule has 4 rings (SSSR count). The summed E-state index contributed by atoms with van der Waals surface area (Å²) >= 11 is 0. The van der Waals surface area contributed by atoms with Gasteiger partial charge >= 0.3 is 0 Å². The molecular formula is C21H30N4O2. The highest BCUT2D eigenvalue weighted by molar-refractivity contribution is 5.94. The number of piperidine rings is 1. The molecule has 2 bridgehead atoms. The van der Waals surface area contributed by atoms with Crippen molar-refractivity contribution >= 4 is 11.8 Å². The molecule has 0 radical (unpaired) electrons. The minimum absolute atomic E-state index is 0.0158. The van der Waals surface area contributed by atoms with Gasteiger partial charge in [0.2, 0.25) is 5.91 Å². The smallest absolute Gasteiger partial charge is 0.267 e. The number of nitrogens with zero attached hydrogens (tertiary/aromatic N) is 1. The molecule has 0 aromatic heterocycles. The van der Waals surface area contributed by atoms with Gasteiger partial charge in [0, 0.05) is 30.5 Å². The molecule has 5 atom stereocenters. The van der Waals surface area contributed by atoms with E-state index in [4.69, 9.17) is 5.73 Å². The standard InChI is InChI=1S/C21H30N4O2/c1-13-4-2-5-14-10-18(24-20(13)14)21(27)23-15-11-16-7-8-17(12-15)25(16)19(26)6-3-9-22/h2,4-5,10,14-17,20,24H,3,6-9,11-12,22H2,1H3,(H,23,27)/t14?,15-,16+,17-,20?. The lowest BCUT2D eigenvalue weighted by Crippen LogP contribution is -2.53. The molecule has 0 saturated carbocycles. The van der Waals surface area contributed by atoms with E-state index in [1.807, 2.05) is 6.08 Å². The van der Waals surface area contributed by atoms with Gasteiger partial charge in [0.1, 0.15) is 0 Å². The molecule has 0 aromatic carbocycles. The molecule has 4 aliphatic rings. The van der Waals surface area contributed by atoms with Crippen molar-refractivity contribution < 1.29 is 9.59 Å². The second-order valence-electron chi connectivity index (χ2n) is 8.30. The molecule has 4 N–H and O–H groups in total. The van der Waals surface area contributed by atoms with E-state index in [0.717, 1.165) is 32.1 Å². The lowest BCUT2D eigenvalue weighted by molar-refractivity contribution is -0.136. The summed E-state index contributed by atoms with van der Waals surface area (Å²) in [5.41, 5.74) is 7.48. The number of carbonyl (C=O) groups is 2. The van der Waals surface area contributed by atoms with Gasteiger partial charge in [-0.25, -0.2) is 0 Å². The zero-order valence-electron chi connectivity index (χ0n) is 16.0. The largest absolute Gasteiger partial charge is 0.373 e. The molecule has 146 valence electrons. The summed E-state index contributed by atoms with van der Waals surface area (Å²) in [6.07, 6.45) is 13.4. The number of rotatable bonds is 5. The second kappa shape index (κ2) is 7.50. The summed E-state index contributed by atoms with van der Waals surface area (Å²) < 4.78 is 0. The van der Waals surface area contributed by atoms with Gasteiger partial charge in [-0.05, 0) is 51.6 Å². The van der Waals surface area contributed by atoms with Crippen molar-refractivity contribution in [2.24, 2.45) is 11.7 Å². The van der Waals surface area contributed by atoms with Crippen molar-refractivity contribution in [3.05, 3.63) is 35.6 Å². The van der Waals surface area contributed by atoms with Crippen LogP contribution in [0.2, 0.25) is 0 Å². The number of nitrogens with one attached hydrogen (secondary N) is 2. The fourth-order valence-corrected chi connectivity index (χ4v) is 5.11. The molecule has 0 aromatic rings. The van der Waals surface area contributed by atoms with Crippen molar-refractivity contribution in [1.29, 1.82) is 0 Å². The molecular weight excluding hydrogens is 340 g/mol. The Bertz CT molecular complexity index is 697. The zero-order valence-corrected chi connectivity index (χ0v) is 16.0. The van der Waals surface area contributed by atoms with E-state index in [-0.39, 0.29) is 41.9 Å². The highest BCUT2D eigenvalue weighted by Crippen LogP contribution is 2.36. The van der Waals surface area contributed by atoms with E-state index in [1.54, 1.807) is 0 Å². The monoisotopic (exact) mass is 370 g/mol. The molecule has 6 heteroatoms. The molecule has 1 aliphatic carbocycles. The molecule has 0 spiro atoms. The fourth-order valence-electron chi connectivity index (χ4n) is 5.11. The lowest BCUT2D eigenvalue weighted by atomic mass is 9.92. The van der Waals surface area contributed by atoms with Gasteiger partial charge in [-0.2, -0.15) is 0 Å². The van der Waals surface area contributed by atoms with Crippen LogP contribution < -0.4 is 16.4 Å². The van der Waals surface area contributed by atoms with Crippen molar-refractivity contribution in [3.8, 4) is 0 Å². The maximum Gasteiger partial charge on any atom is 0.267 e. The molecule has 27 heavy (non-hydrogen) atoms. The third-order valence-electron chi connectivity index (χ3n) is 6.43. The van der Waals surface area contributed by atoms with Crippen LogP contribution in [0, 0.1) is 5.92 Å². The number of allylic oxidation sites excluding steroid dienone is 2. The predicted molar refractivity (Wildman–Crippen MR) is 105 cm³/mol.